The average Bonchev–Trinajstić information content (AvgIpc) is 2.43. The Balaban J connectivity index is 2.32. The second-order valence-corrected chi connectivity index (χ2v) is 4.17. The van der Waals surface area contributed by atoms with Crippen LogP contribution in [-0.4, -0.2) is 20.3 Å². The highest BCUT2D eigenvalue weighted by atomic mass is 35.5. The number of aryl methyl sites for hydroxylation is 1. The van der Waals surface area contributed by atoms with Crippen LogP contribution in [0.25, 0.3) is 0 Å². The van der Waals surface area contributed by atoms with Crippen molar-refractivity contribution in [2.45, 2.75) is 13.5 Å². The molecule has 0 aromatic carbocycles. The van der Waals surface area contributed by atoms with Gasteiger partial charge in [0.05, 0.1) is 11.6 Å². The molecule has 2 nitrogen and oxygen atoms in total. The second kappa shape index (κ2) is 5.60. The van der Waals surface area contributed by atoms with Crippen LogP contribution in [-0.2, 0) is 11.3 Å². The minimum absolute atomic E-state index is 0.738. The number of halogens is 1. The average molecular weight is 220 g/mol. The third kappa shape index (κ3) is 3.27. The molecule has 0 fully saturated rings. The first-order valence-electron chi connectivity index (χ1n) is 4.18. The Bertz CT molecular complexity index is 262. The topological polar surface area (TPSA) is 21.3 Å². The third-order valence-corrected chi connectivity index (χ3v) is 3.48. The van der Waals surface area contributed by atoms with E-state index in [2.05, 4.69) is 10.7 Å². The van der Waals surface area contributed by atoms with Crippen LogP contribution in [0, 0.1) is 6.92 Å². The molecule has 1 rings (SSSR count). The Morgan fingerprint density at radius 2 is 2.38 bits per heavy atom. The van der Waals surface area contributed by atoms with Crippen molar-refractivity contribution in [2.24, 2.45) is 0 Å². The lowest BCUT2D eigenvalue weighted by atomic mass is 10.3. The molecule has 1 N–H and O–H groups in total. The monoisotopic (exact) mass is 219 g/mol. The molecule has 13 heavy (non-hydrogen) atoms. The molecule has 0 aliphatic carbocycles. The molecule has 0 saturated carbocycles. The largest absolute Gasteiger partial charge is 0.383 e. The van der Waals surface area contributed by atoms with E-state index in [1.807, 2.05) is 6.92 Å². The van der Waals surface area contributed by atoms with Crippen LogP contribution < -0.4 is 5.32 Å². The van der Waals surface area contributed by atoms with E-state index >= 15 is 0 Å². The van der Waals surface area contributed by atoms with Crippen LogP contribution in [0.4, 0.5) is 0 Å². The van der Waals surface area contributed by atoms with E-state index in [1.165, 1.54) is 4.88 Å². The maximum Gasteiger partial charge on any atom is 0.0587 e. The van der Waals surface area contributed by atoms with Gasteiger partial charge in [0.25, 0.3) is 0 Å². The van der Waals surface area contributed by atoms with Crippen LogP contribution in [0.5, 0.6) is 0 Å². The molecule has 0 spiro atoms. The molecule has 0 aliphatic rings. The highest BCUT2D eigenvalue weighted by Gasteiger charge is 2.04. The summed E-state index contributed by atoms with van der Waals surface area (Å²) in [5, 5.41) is 6.23. The Labute approximate surface area is 87.9 Å². The fourth-order valence-electron chi connectivity index (χ4n) is 0.978. The molecule has 0 unspecified atom stereocenters. The van der Waals surface area contributed by atoms with E-state index < -0.39 is 0 Å². The number of methoxy groups -OCH3 is 1. The predicted molar refractivity (Wildman–Crippen MR) is 57.6 cm³/mol. The molecule has 0 saturated heterocycles. The van der Waals surface area contributed by atoms with E-state index in [9.17, 15) is 0 Å². The number of thiophene rings is 1. The molecule has 0 amide bonds. The van der Waals surface area contributed by atoms with Crippen molar-refractivity contribution in [3.63, 3.8) is 0 Å². The summed E-state index contributed by atoms with van der Waals surface area (Å²) in [6.45, 7) is 4.46. The maximum absolute atomic E-state index is 6.06. The molecule has 1 aromatic rings. The van der Waals surface area contributed by atoms with Gasteiger partial charge in [-0.3, -0.25) is 0 Å². The summed E-state index contributed by atoms with van der Waals surface area (Å²) in [5.41, 5.74) is 1.16. The van der Waals surface area contributed by atoms with Crippen LogP contribution >= 0.6 is 22.9 Å². The summed E-state index contributed by atoms with van der Waals surface area (Å²) in [6.07, 6.45) is 0. The Morgan fingerprint density at radius 3 is 2.92 bits per heavy atom. The fraction of sp³-hybridized carbons (Fsp3) is 0.556. The van der Waals surface area contributed by atoms with Gasteiger partial charge in [-0.15, -0.1) is 11.3 Å². The van der Waals surface area contributed by atoms with Gasteiger partial charge < -0.3 is 10.1 Å². The van der Waals surface area contributed by atoms with Crippen molar-refractivity contribution in [1.29, 1.82) is 0 Å². The highest BCUT2D eigenvalue weighted by Crippen LogP contribution is 2.26. The Hall–Kier alpha value is -0.0900. The van der Waals surface area contributed by atoms with Gasteiger partial charge in [0.15, 0.2) is 0 Å². The summed E-state index contributed by atoms with van der Waals surface area (Å²) in [4.78, 5) is 1.20. The molecular formula is C9H14ClNOS. The minimum atomic E-state index is 0.738. The quantitative estimate of drug-likeness (QED) is 0.769. The Morgan fingerprint density at radius 1 is 1.62 bits per heavy atom. The zero-order chi connectivity index (χ0) is 9.68. The van der Waals surface area contributed by atoms with Gasteiger partial charge >= 0.3 is 0 Å². The van der Waals surface area contributed by atoms with Crippen LogP contribution in [0.3, 0.4) is 0 Å². The lowest BCUT2D eigenvalue weighted by molar-refractivity contribution is 0.199. The van der Waals surface area contributed by atoms with Crippen molar-refractivity contribution < 1.29 is 4.74 Å². The first kappa shape index (κ1) is 11.0. The third-order valence-electron chi connectivity index (χ3n) is 1.74. The van der Waals surface area contributed by atoms with Crippen molar-refractivity contribution in [2.75, 3.05) is 20.3 Å². The van der Waals surface area contributed by atoms with Gasteiger partial charge in [-0.1, -0.05) is 11.6 Å². The van der Waals surface area contributed by atoms with Gasteiger partial charge in [0.2, 0.25) is 0 Å². The van der Waals surface area contributed by atoms with Gasteiger partial charge in [-0.2, -0.15) is 0 Å². The number of rotatable bonds is 5. The molecule has 0 atom stereocenters. The number of ether oxygens (including phenoxy) is 1. The summed E-state index contributed by atoms with van der Waals surface area (Å²) in [5.74, 6) is 0. The van der Waals surface area contributed by atoms with E-state index in [4.69, 9.17) is 16.3 Å². The van der Waals surface area contributed by atoms with E-state index in [1.54, 1.807) is 18.4 Å². The van der Waals surface area contributed by atoms with Gasteiger partial charge in [-0.25, -0.2) is 0 Å². The van der Waals surface area contributed by atoms with Crippen LogP contribution in [0.15, 0.2) is 5.38 Å². The number of hydrogen-bond donors (Lipinski definition) is 1. The van der Waals surface area contributed by atoms with Crippen molar-refractivity contribution >= 4 is 22.9 Å². The summed E-state index contributed by atoms with van der Waals surface area (Å²) >= 11 is 7.76. The molecule has 1 aromatic heterocycles. The first-order chi connectivity index (χ1) is 6.25. The molecule has 4 heteroatoms. The normalized spacial score (nSPS) is 10.7. The maximum atomic E-state index is 6.06. The Kier molecular flexibility index (Phi) is 4.73. The van der Waals surface area contributed by atoms with Gasteiger partial charge in [-0.05, 0) is 17.9 Å². The van der Waals surface area contributed by atoms with E-state index in [0.717, 1.165) is 30.3 Å². The molecule has 0 aliphatic heterocycles. The van der Waals surface area contributed by atoms with Gasteiger partial charge in [0, 0.05) is 25.1 Å². The molecule has 74 valence electrons. The molecular weight excluding hydrogens is 206 g/mol. The van der Waals surface area contributed by atoms with Crippen LogP contribution in [0.2, 0.25) is 5.02 Å². The lowest BCUT2D eigenvalue weighted by Gasteiger charge is -2.02. The minimum Gasteiger partial charge on any atom is -0.383 e. The molecule has 1 heterocycles. The van der Waals surface area contributed by atoms with Crippen LogP contribution in [0.1, 0.15) is 10.4 Å². The zero-order valence-corrected chi connectivity index (χ0v) is 9.47. The van der Waals surface area contributed by atoms with Gasteiger partial charge in [0.1, 0.15) is 0 Å². The van der Waals surface area contributed by atoms with E-state index in [-0.39, 0.29) is 0 Å². The van der Waals surface area contributed by atoms with E-state index in [0.29, 0.717) is 0 Å². The smallest absolute Gasteiger partial charge is 0.0587 e. The van der Waals surface area contributed by atoms with Crippen molar-refractivity contribution in [1.82, 2.24) is 5.32 Å². The highest BCUT2D eigenvalue weighted by molar-refractivity contribution is 7.10. The summed E-state index contributed by atoms with van der Waals surface area (Å²) in [7, 11) is 1.70. The second-order valence-electron chi connectivity index (χ2n) is 2.83. The standard InChI is InChI=1S/C9H14ClNOS/c1-7-6-13-8(9(7)10)5-11-3-4-12-2/h6,11H,3-5H2,1-2H3. The zero-order valence-electron chi connectivity index (χ0n) is 7.89. The summed E-state index contributed by atoms with van der Waals surface area (Å²) in [6, 6.07) is 0. The SMILES string of the molecule is COCCNCc1scc(C)c1Cl. The fourth-order valence-corrected chi connectivity index (χ4v) is 2.18. The number of hydrogen-bond acceptors (Lipinski definition) is 3. The molecule has 0 radical (unpaired) electrons. The number of nitrogens with one attached hydrogen (secondary N) is 1. The summed E-state index contributed by atoms with van der Waals surface area (Å²) < 4.78 is 4.92. The predicted octanol–water partition coefficient (Wildman–Crippen LogP) is 2.45. The van der Waals surface area contributed by atoms with Crippen molar-refractivity contribution in [3.05, 3.63) is 20.8 Å². The lowest BCUT2D eigenvalue weighted by Crippen LogP contribution is -2.18. The first-order valence-corrected chi connectivity index (χ1v) is 5.43. The molecule has 0 bridgehead atoms. The van der Waals surface area contributed by atoms with Crippen molar-refractivity contribution in [3.8, 4) is 0 Å².